The molecule has 1 aliphatic carbocycles. The highest BCUT2D eigenvalue weighted by atomic mass is 16.5. The highest BCUT2D eigenvalue weighted by Crippen LogP contribution is 2.25. The highest BCUT2D eigenvalue weighted by Gasteiger charge is 2.33. The number of hydrogen-bond acceptors (Lipinski definition) is 3. The number of rotatable bonds is 4. The van der Waals surface area contributed by atoms with Crippen molar-refractivity contribution < 1.29 is 9.47 Å². The van der Waals surface area contributed by atoms with Crippen LogP contribution in [0.4, 0.5) is 0 Å². The molecule has 1 saturated heterocycles. The van der Waals surface area contributed by atoms with Crippen LogP contribution in [0.25, 0.3) is 0 Å². The maximum atomic E-state index is 5.70. The van der Waals surface area contributed by atoms with Gasteiger partial charge >= 0.3 is 0 Å². The SMILES string of the molecule is COC1(CNC2CCCC2)CCOCC1. The average Bonchev–Trinajstić information content (AvgIpc) is 2.81. The van der Waals surface area contributed by atoms with Gasteiger partial charge in [-0.05, 0) is 12.8 Å². The van der Waals surface area contributed by atoms with Gasteiger partial charge in [0.25, 0.3) is 0 Å². The molecule has 2 rings (SSSR count). The maximum absolute atomic E-state index is 5.70. The van der Waals surface area contributed by atoms with E-state index in [0.717, 1.165) is 38.6 Å². The minimum atomic E-state index is 0.0425. The van der Waals surface area contributed by atoms with E-state index < -0.39 is 0 Å². The van der Waals surface area contributed by atoms with Gasteiger partial charge in [0, 0.05) is 45.8 Å². The van der Waals surface area contributed by atoms with Gasteiger partial charge in [0.1, 0.15) is 0 Å². The van der Waals surface area contributed by atoms with Crippen LogP contribution >= 0.6 is 0 Å². The van der Waals surface area contributed by atoms with Crippen LogP contribution in [-0.2, 0) is 9.47 Å². The van der Waals surface area contributed by atoms with E-state index in [9.17, 15) is 0 Å². The molecule has 3 heteroatoms. The third kappa shape index (κ3) is 2.92. The quantitative estimate of drug-likeness (QED) is 0.771. The monoisotopic (exact) mass is 213 g/mol. The van der Waals surface area contributed by atoms with Crippen molar-refractivity contribution in [2.45, 2.75) is 50.2 Å². The smallest absolute Gasteiger partial charge is 0.0846 e. The van der Waals surface area contributed by atoms with E-state index in [-0.39, 0.29) is 5.60 Å². The predicted octanol–water partition coefficient (Wildman–Crippen LogP) is 1.71. The lowest BCUT2D eigenvalue weighted by Gasteiger charge is -2.37. The summed E-state index contributed by atoms with van der Waals surface area (Å²) >= 11 is 0. The van der Waals surface area contributed by atoms with Crippen LogP contribution in [0.2, 0.25) is 0 Å². The van der Waals surface area contributed by atoms with Gasteiger partial charge in [-0.15, -0.1) is 0 Å². The molecule has 0 aromatic rings. The lowest BCUT2D eigenvalue weighted by atomic mass is 9.93. The number of methoxy groups -OCH3 is 1. The third-order valence-corrected chi connectivity index (χ3v) is 3.91. The minimum absolute atomic E-state index is 0.0425. The number of hydrogen-bond donors (Lipinski definition) is 1. The van der Waals surface area contributed by atoms with Crippen LogP contribution < -0.4 is 5.32 Å². The average molecular weight is 213 g/mol. The standard InChI is InChI=1S/C12H23NO2/c1-14-12(6-8-15-9-7-12)10-13-11-4-2-3-5-11/h11,13H,2-10H2,1H3. The number of ether oxygens (including phenoxy) is 2. The maximum Gasteiger partial charge on any atom is 0.0846 e. The second-order valence-electron chi connectivity index (χ2n) is 4.86. The Bertz CT molecular complexity index is 184. The van der Waals surface area contributed by atoms with Crippen molar-refractivity contribution in [2.75, 3.05) is 26.9 Å². The molecule has 15 heavy (non-hydrogen) atoms. The zero-order valence-electron chi connectivity index (χ0n) is 9.76. The Morgan fingerprint density at radius 1 is 1.27 bits per heavy atom. The summed E-state index contributed by atoms with van der Waals surface area (Å²) in [5, 5.41) is 3.66. The molecule has 0 aromatic heterocycles. The summed E-state index contributed by atoms with van der Waals surface area (Å²) in [6.45, 7) is 2.69. The summed E-state index contributed by atoms with van der Waals surface area (Å²) < 4.78 is 11.1. The van der Waals surface area contributed by atoms with Gasteiger partial charge in [0.05, 0.1) is 5.60 Å². The fourth-order valence-electron chi connectivity index (χ4n) is 2.66. The second kappa shape index (κ2) is 5.28. The van der Waals surface area contributed by atoms with E-state index in [2.05, 4.69) is 5.32 Å². The highest BCUT2D eigenvalue weighted by molar-refractivity contribution is 4.87. The lowest BCUT2D eigenvalue weighted by Crippen LogP contribution is -2.48. The molecule has 88 valence electrons. The van der Waals surface area contributed by atoms with Crippen molar-refractivity contribution in [3.8, 4) is 0 Å². The first-order chi connectivity index (χ1) is 7.35. The van der Waals surface area contributed by atoms with Crippen molar-refractivity contribution in [3.05, 3.63) is 0 Å². The van der Waals surface area contributed by atoms with Crippen molar-refractivity contribution in [3.63, 3.8) is 0 Å². The second-order valence-corrected chi connectivity index (χ2v) is 4.86. The topological polar surface area (TPSA) is 30.5 Å². The van der Waals surface area contributed by atoms with Gasteiger partial charge in [-0.3, -0.25) is 0 Å². The van der Waals surface area contributed by atoms with Crippen LogP contribution in [0, 0.1) is 0 Å². The molecule has 1 saturated carbocycles. The van der Waals surface area contributed by atoms with Crippen LogP contribution in [0.3, 0.4) is 0 Å². The summed E-state index contributed by atoms with van der Waals surface area (Å²) in [7, 11) is 1.83. The van der Waals surface area contributed by atoms with Crippen LogP contribution in [0.15, 0.2) is 0 Å². The normalized spacial score (nSPS) is 27.0. The number of nitrogens with one attached hydrogen (secondary N) is 1. The molecular formula is C12H23NO2. The molecular weight excluding hydrogens is 190 g/mol. The first-order valence-electron chi connectivity index (χ1n) is 6.21. The zero-order chi connectivity index (χ0) is 10.6. The Morgan fingerprint density at radius 2 is 1.93 bits per heavy atom. The first-order valence-corrected chi connectivity index (χ1v) is 6.21. The Kier molecular flexibility index (Phi) is 4.00. The summed E-state index contributed by atoms with van der Waals surface area (Å²) in [5.74, 6) is 0. The lowest BCUT2D eigenvalue weighted by molar-refractivity contribution is -0.0885. The molecule has 1 N–H and O–H groups in total. The summed E-state index contributed by atoms with van der Waals surface area (Å²) in [4.78, 5) is 0. The van der Waals surface area contributed by atoms with Gasteiger partial charge in [-0.2, -0.15) is 0 Å². The molecule has 0 atom stereocenters. The molecule has 0 amide bonds. The molecule has 0 bridgehead atoms. The fraction of sp³-hybridized carbons (Fsp3) is 1.00. The van der Waals surface area contributed by atoms with E-state index in [0.29, 0.717) is 0 Å². The Balaban J connectivity index is 1.78. The van der Waals surface area contributed by atoms with Crippen LogP contribution in [0.1, 0.15) is 38.5 Å². The van der Waals surface area contributed by atoms with Crippen LogP contribution in [0.5, 0.6) is 0 Å². The molecule has 0 spiro atoms. The van der Waals surface area contributed by atoms with E-state index in [1.54, 1.807) is 0 Å². The fourth-order valence-corrected chi connectivity index (χ4v) is 2.66. The Labute approximate surface area is 92.5 Å². The minimum Gasteiger partial charge on any atom is -0.381 e. The molecule has 0 radical (unpaired) electrons. The van der Waals surface area contributed by atoms with E-state index >= 15 is 0 Å². The largest absolute Gasteiger partial charge is 0.381 e. The van der Waals surface area contributed by atoms with Gasteiger partial charge in [0.2, 0.25) is 0 Å². The summed E-state index contributed by atoms with van der Waals surface area (Å²) in [5.41, 5.74) is 0.0425. The molecule has 1 aliphatic heterocycles. The molecule has 3 nitrogen and oxygen atoms in total. The van der Waals surface area contributed by atoms with Gasteiger partial charge in [-0.1, -0.05) is 12.8 Å². The Hall–Kier alpha value is -0.120. The van der Waals surface area contributed by atoms with Crippen LogP contribution in [-0.4, -0.2) is 38.5 Å². The predicted molar refractivity (Wildman–Crippen MR) is 60.1 cm³/mol. The zero-order valence-corrected chi connectivity index (χ0v) is 9.76. The molecule has 1 heterocycles. The van der Waals surface area contributed by atoms with E-state index in [1.807, 2.05) is 7.11 Å². The first kappa shape index (κ1) is 11.4. The van der Waals surface area contributed by atoms with E-state index in [4.69, 9.17) is 9.47 Å². The summed E-state index contributed by atoms with van der Waals surface area (Å²) in [6, 6.07) is 0.736. The molecule has 0 aromatic carbocycles. The van der Waals surface area contributed by atoms with Gasteiger partial charge < -0.3 is 14.8 Å². The van der Waals surface area contributed by atoms with E-state index in [1.165, 1.54) is 25.7 Å². The van der Waals surface area contributed by atoms with Crippen molar-refractivity contribution in [2.24, 2.45) is 0 Å². The summed E-state index contributed by atoms with van der Waals surface area (Å²) in [6.07, 6.45) is 7.53. The van der Waals surface area contributed by atoms with Gasteiger partial charge in [0.15, 0.2) is 0 Å². The van der Waals surface area contributed by atoms with Gasteiger partial charge in [-0.25, -0.2) is 0 Å². The molecule has 0 unspecified atom stereocenters. The molecule has 2 fully saturated rings. The van der Waals surface area contributed by atoms with Crippen molar-refractivity contribution >= 4 is 0 Å². The Morgan fingerprint density at radius 3 is 2.53 bits per heavy atom. The van der Waals surface area contributed by atoms with Crippen molar-refractivity contribution in [1.29, 1.82) is 0 Å². The third-order valence-electron chi connectivity index (χ3n) is 3.91. The molecule has 2 aliphatic rings. The van der Waals surface area contributed by atoms with Crippen molar-refractivity contribution in [1.82, 2.24) is 5.32 Å².